The predicted molar refractivity (Wildman–Crippen MR) is 71.9 cm³/mol. The number of rotatable bonds is 6. The number of anilines is 1. The van der Waals surface area contributed by atoms with E-state index in [1.165, 1.54) is 12.1 Å². The van der Waals surface area contributed by atoms with Crippen LogP contribution in [0.2, 0.25) is 0 Å². The second-order valence-electron chi connectivity index (χ2n) is 4.07. The van der Waals surface area contributed by atoms with Crippen molar-refractivity contribution in [2.45, 2.75) is 18.9 Å². The second-order valence-corrected chi connectivity index (χ2v) is 4.93. The molecule has 1 aromatic rings. The van der Waals surface area contributed by atoms with Crippen LogP contribution in [0.15, 0.2) is 22.7 Å². The molecule has 4 N–H and O–H groups in total. The third kappa shape index (κ3) is 3.22. The summed E-state index contributed by atoms with van der Waals surface area (Å²) < 4.78 is 0.571. The van der Waals surface area contributed by atoms with E-state index in [0.717, 1.165) is 0 Å². The van der Waals surface area contributed by atoms with E-state index in [-0.39, 0.29) is 18.8 Å². The second kappa shape index (κ2) is 6.17. The van der Waals surface area contributed by atoms with Crippen LogP contribution < -0.4 is 5.32 Å². The standard InChI is InChI=1S/C12H16BrNO4/c1-2-12(6-15,7-16)14-10-4-3-8(11(17)18)5-9(10)13/h3-5,14-16H,2,6-7H2,1H3,(H,17,18). The molecule has 1 rings (SSSR count). The molecule has 0 atom stereocenters. The molecule has 0 aliphatic carbocycles. The Bertz CT molecular complexity index is 424. The Morgan fingerprint density at radius 2 is 2.00 bits per heavy atom. The molecule has 0 saturated carbocycles. The van der Waals surface area contributed by atoms with E-state index in [4.69, 9.17) is 5.11 Å². The third-order valence-electron chi connectivity index (χ3n) is 2.90. The first-order valence-electron chi connectivity index (χ1n) is 5.50. The van der Waals surface area contributed by atoms with Gasteiger partial charge in [0.15, 0.2) is 0 Å². The van der Waals surface area contributed by atoms with Crippen LogP contribution in [0.3, 0.4) is 0 Å². The molecular formula is C12H16BrNO4. The molecule has 0 radical (unpaired) electrons. The van der Waals surface area contributed by atoms with Crippen LogP contribution in [0.5, 0.6) is 0 Å². The SMILES string of the molecule is CCC(CO)(CO)Nc1ccc(C(=O)O)cc1Br. The molecule has 0 spiro atoms. The summed E-state index contributed by atoms with van der Waals surface area (Å²) >= 11 is 3.27. The zero-order valence-electron chi connectivity index (χ0n) is 9.98. The van der Waals surface area contributed by atoms with E-state index < -0.39 is 11.5 Å². The number of aliphatic hydroxyl groups excluding tert-OH is 2. The minimum atomic E-state index is -1.01. The average Bonchev–Trinajstić information content (AvgIpc) is 2.38. The van der Waals surface area contributed by atoms with E-state index in [0.29, 0.717) is 16.6 Å². The lowest BCUT2D eigenvalue weighted by molar-refractivity contribution is 0.0696. The monoisotopic (exact) mass is 317 g/mol. The van der Waals surface area contributed by atoms with Crippen LogP contribution in [-0.4, -0.2) is 40.0 Å². The summed E-state index contributed by atoms with van der Waals surface area (Å²) in [6, 6.07) is 4.54. The van der Waals surface area contributed by atoms with Crippen molar-refractivity contribution in [1.82, 2.24) is 0 Å². The molecule has 0 amide bonds. The number of hydrogen-bond donors (Lipinski definition) is 4. The number of aliphatic hydroxyl groups is 2. The highest BCUT2D eigenvalue weighted by Gasteiger charge is 2.27. The van der Waals surface area contributed by atoms with Gasteiger partial charge in [-0.1, -0.05) is 6.92 Å². The van der Waals surface area contributed by atoms with Gasteiger partial charge in [-0.2, -0.15) is 0 Å². The molecular weight excluding hydrogens is 302 g/mol. The van der Waals surface area contributed by atoms with E-state index in [1.54, 1.807) is 6.07 Å². The number of hydrogen-bond acceptors (Lipinski definition) is 4. The van der Waals surface area contributed by atoms with Crippen molar-refractivity contribution in [2.24, 2.45) is 0 Å². The number of carboxylic acid groups (broad SMARTS) is 1. The van der Waals surface area contributed by atoms with Crippen molar-refractivity contribution in [2.75, 3.05) is 18.5 Å². The molecule has 0 fully saturated rings. The molecule has 0 aliphatic heterocycles. The first-order valence-corrected chi connectivity index (χ1v) is 6.30. The highest BCUT2D eigenvalue weighted by Crippen LogP contribution is 2.27. The van der Waals surface area contributed by atoms with Gasteiger partial charge in [-0.15, -0.1) is 0 Å². The van der Waals surface area contributed by atoms with E-state index in [2.05, 4.69) is 21.2 Å². The van der Waals surface area contributed by atoms with Crippen molar-refractivity contribution in [1.29, 1.82) is 0 Å². The molecule has 1 aromatic carbocycles. The van der Waals surface area contributed by atoms with Gasteiger partial charge in [0.1, 0.15) is 0 Å². The van der Waals surface area contributed by atoms with Gasteiger partial charge < -0.3 is 20.6 Å². The maximum atomic E-state index is 10.8. The summed E-state index contributed by atoms with van der Waals surface area (Å²) in [5, 5.41) is 30.6. The number of benzene rings is 1. The number of nitrogens with one attached hydrogen (secondary N) is 1. The molecule has 0 aromatic heterocycles. The fourth-order valence-corrected chi connectivity index (χ4v) is 1.95. The Labute approximate surface area is 114 Å². The van der Waals surface area contributed by atoms with E-state index in [1.807, 2.05) is 6.92 Å². The lowest BCUT2D eigenvalue weighted by atomic mass is 9.98. The predicted octanol–water partition coefficient (Wildman–Crippen LogP) is 1.69. The quantitative estimate of drug-likeness (QED) is 0.641. The molecule has 0 bridgehead atoms. The number of aromatic carboxylic acids is 1. The first-order chi connectivity index (χ1) is 8.48. The van der Waals surface area contributed by atoms with Gasteiger partial charge in [-0.3, -0.25) is 0 Å². The molecule has 0 heterocycles. The highest BCUT2D eigenvalue weighted by atomic mass is 79.9. The van der Waals surface area contributed by atoms with Crippen LogP contribution in [0.1, 0.15) is 23.7 Å². The zero-order valence-corrected chi connectivity index (χ0v) is 11.6. The molecule has 100 valence electrons. The number of carboxylic acids is 1. The van der Waals surface area contributed by atoms with Crippen LogP contribution in [0, 0.1) is 0 Å². The van der Waals surface area contributed by atoms with Gasteiger partial charge in [0.05, 0.1) is 24.3 Å². The Morgan fingerprint density at radius 3 is 2.39 bits per heavy atom. The van der Waals surface area contributed by atoms with Crippen molar-refractivity contribution in [3.8, 4) is 0 Å². The molecule has 0 aliphatic rings. The topological polar surface area (TPSA) is 89.8 Å². The fraction of sp³-hybridized carbons (Fsp3) is 0.417. The smallest absolute Gasteiger partial charge is 0.335 e. The van der Waals surface area contributed by atoms with E-state index >= 15 is 0 Å². The van der Waals surface area contributed by atoms with Gasteiger partial charge >= 0.3 is 5.97 Å². The average molecular weight is 318 g/mol. The number of halogens is 1. The van der Waals surface area contributed by atoms with Gasteiger partial charge in [0.2, 0.25) is 0 Å². The Morgan fingerprint density at radius 1 is 1.39 bits per heavy atom. The third-order valence-corrected chi connectivity index (χ3v) is 3.55. The van der Waals surface area contributed by atoms with E-state index in [9.17, 15) is 15.0 Å². The fourth-order valence-electron chi connectivity index (χ4n) is 1.48. The first kappa shape index (κ1) is 14.9. The largest absolute Gasteiger partial charge is 0.478 e. The summed E-state index contributed by atoms with van der Waals surface area (Å²) in [6.45, 7) is 1.42. The Hall–Kier alpha value is -1.11. The van der Waals surface area contributed by atoms with Gasteiger partial charge in [0, 0.05) is 10.2 Å². The van der Waals surface area contributed by atoms with Crippen LogP contribution in [0.25, 0.3) is 0 Å². The van der Waals surface area contributed by atoms with Gasteiger partial charge in [-0.25, -0.2) is 4.79 Å². The summed E-state index contributed by atoms with van der Waals surface area (Å²) in [6.07, 6.45) is 0.535. The maximum Gasteiger partial charge on any atom is 0.335 e. The van der Waals surface area contributed by atoms with Crippen LogP contribution >= 0.6 is 15.9 Å². The maximum absolute atomic E-state index is 10.8. The Balaban J connectivity index is 3.01. The summed E-state index contributed by atoms with van der Waals surface area (Å²) in [7, 11) is 0. The molecule has 0 saturated heterocycles. The summed E-state index contributed by atoms with van der Waals surface area (Å²) in [5.41, 5.74) is -0.0137. The Kier molecular flexibility index (Phi) is 5.13. The zero-order chi connectivity index (χ0) is 13.8. The number of carbonyl (C=O) groups is 1. The van der Waals surface area contributed by atoms with Crippen LogP contribution in [0.4, 0.5) is 5.69 Å². The van der Waals surface area contributed by atoms with Gasteiger partial charge in [0.25, 0.3) is 0 Å². The minimum absolute atomic E-state index is 0.169. The lowest BCUT2D eigenvalue weighted by Crippen LogP contribution is -2.45. The summed E-state index contributed by atoms with van der Waals surface area (Å²) in [4.78, 5) is 10.8. The highest BCUT2D eigenvalue weighted by molar-refractivity contribution is 9.10. The van der Waals surface area contributed by atoms with Crippen molar-refractivity contribution >= 4 is 27.6 Å². The normalized spacial score (nSPS) is 11.3. The van der Waals surface area contributed by atoms with Crippen molar-refractivity contribution in [3.05, 3.63) is 28.2 Å². The molecule has 6 heteroatoms. The molecule has 18 heavy (non-hydrogen) atoms. The minimum Gasteiger partial charge on any atom is -0.478 e. The van der Waals surface area contributed by atoms with Crippen LogP contribution in [-0.2, 0) is 0 Å². The van der Waals surface area contributed by atoms with Crippen molar-refractivity contribution < 1.29 is 20.1 Å². The summed E-state index contributed by atoms with van der Waals surface area (Å²) in [5.74, 6) is -1.01. The molecule has 5 nitrogen and oxygen atoms in total. The lowest BCUT2D eigenvalue weighted by Gasteiger charge is -2.31. The van der Waals surface area contributed by atoms with Crippen molar-refractivity contribution in [3.63, 3.8) is 0 Å². The van der Waals surface area contributed by atoms with Gasteiger partial charge in [-0.05, 0) is 40.5 Å². The molecule has 0 unspecified atom stereocenters.